The lowest BCUT2D eigenvalue weighted by Gasteiger charge is -2.41. The number of carbonyl (C=O) groups is 2. The van der Waals surface area contributed by atoms with Crippen LogP contribution in [0.2, 0.25) is 0 Å². The predicted molar refractivity (Wildman–Crippen MR) is 111 cm³/mol. The number of anilines is 1. The Bertz CT molecular complexity index is 807. The second kappa shape index (κ2) is 9.51. The maximum atomic E-state index is 12.9. The molecule has 0 aliphatic carbocycles. The maximum absolute atomic E-state index is 12.9. The van der Waals surface area contributed by atoms with Crippen molar-refractivity contribution in [1.82, 2.24) is 4.90 Å². The van der Waals surface area contributed by atoms with Crippen molar-refractivity contribution >= 4 is 17.5 Å². The minimum atomic E-state index is -0.188. The summed E-state index contributed by atoms with van der Waals surface area (Å²) in [6, 6.07) is 18.1. The number of amides is 2. The van der Waals surface area contributed by atoms with Crippen LogP contribution >= 0.6 is 0 Å². The first-order chi connectivity index (χ1) is 13.6. The fourth-order valence-corrected chi connectivity index (χ4v) is 3.72. The molecule has 2 amide bonds. The largest absolute Gasteiger partial charge is 0.396 e. The van der Waals surface area contributed by atoms with Crippen molar-refractivity contribution in [3.8, 4) is 11.1 Å². The zero-order valence-corrected chi connectivity index (χ0v) is 16.4. The summed E-state index contributed by atoms with van der Waals surface area (Å²) < 4.78 is 0. The van der Waals surface area contributed by atoms with Gasteiger partial charge in [-0.2, -0.15) is 0 Å². The van der Waals surface area contributed by atoms with Gasteiger partial charge in [0, 0.05) is 18.7 Å². The molecule has 0 radical (unpaired) electrons. The van der Waals surface area contributed by atoms with Crippen molar-refractivity contribution in [2.75, 3.05) is 24.6 Å². The van der Waals surface area contributed by atoms with Crippen molar-refractivity contribution in [1.29, 1.82) is 0 Å². The number of unbranched alkanes of at least 4 members (excludes halogenated alkanes) is 1. The van der Waals surface area contributed by atoms with Crippen molar-refractivity contribution in [3.05, 3.63) is 54.6 Å². The highest BCUT2D eigenvalue weighted by molar-refractivity contribution is 5.98. The van der Waals surface area contributed by atoms with Gasteiger partial charge in [-0.25, -0.2) is 0 Å². The van der Waals surface area contributed by atoms with Crippen LogP contribution in [0.25, 0.3) is 11.1 Å². The van der Waals surface area contributed by atoms with Crippen LogP contribution in [-0.2, 0) is 9.59 Å². The Labute approximate surface area is 166 Å². The number of hydrogen-bond acceptors (Lipinski definition) is 3. The summed E-state index contributed by atoms with van der Waals surface area (Å²) >= 11 is 0. The molecule has 5 heteroatoms. The summed E-state index contributed by atoms with van der Waals surface area (Å²) in [5.74, 6) is -0.223. The first-order valence-corrected chi connectivity index (χ1v) is 10.00. The third-order valence-electron chi connectivity index (χ3n) is 5.24. The molecule has 0 saturated carbocycles. The SMILES string of the molecule is CCCC[C@H]1CN(c2cccc(-c3ccccc3)c2)C(=O)CN1C(=O)CCO. The van der Waals surface area contributed by atoms with E-state index in [0.29, 0.717) is 6.54 Å². The Hall–Kier alpha value is -2.66. The molecular weight excluding hydrogens is 352 g/mol. The van der Waals surface area contributed by atoms with Gasteiger partial charge in [0.25, 0.3) is 0 Å². The van der Waals surface area contributed by atoms with E-state index in [9.17, 15) is 9.59 Å². The quantitative estimate of drug-likeness (QED) is 0.800. The van der Waals surface area contributed by atoms with Crippen LogP contribution in [0.3, 0.4) is 0 Å². The van der Waals surface area contributed by atoms with Gasteiger partial charge in [-0.3, -0.25) is 9.59 Å². The van der Waals surface area contributed by atoms with Gasteiger partial charge < -0.3 is 14.9 Å². The zero-order valence-electron chi connectivity index (χ0n) is 16.4. The van der Waals surface area contributed by atoms with Gasteiger partial charge in [0.2, 0.25) is 11.8 Å². The molecule has 1 atom stereocenters. The van der Waals surface area contributed by atoms with Crippen LogP contribution in [0.5, 0.6) is 0 Å². The van der Waals surface area contributed by atoms with E-state index in [4.69, 9.17) is 5.11 Å². The lowest BCUT2D eigenvalue weighted by molar-refractivity contribution is -0.140. The molecule has 2 aromatic carbocycles. The third-order valence-corrected chi connectivity index (χ3v) is 5.24. The standard InChI is InChI=1S/C23H28N2O3/c1-2-3-11-21-16-24(23(28)17-25(21)22(27)13-14-26)20-12-7-10-19(15-20)18-8-5-4-6-9-18/h4-10,12,15,21,26H,2-3,11,13-14,16-17H2,1H3/t21-/m0/s1. The molecule has 148 valence electrons. The highest BCUT2D eigenvalue weighted by Crippen LogP contribution is 2.28. The normalized spacial score (nSPS) is 17.1. The number of benzene rings is 2. The first kappa shape index (κ1) is 20.1. The molecule has 3 rings (SSSR count). The molecule has 1 fully saturated rings. The van der Waals surface area contributed by atoms with Crippen LogP contribution in [0, 0.1) is 0 Å². The average Bonchev–Trinajstić information content (AvgIpc) is 2.73. The Morgan fingerprint density at radius 2 is 1.86 bits per heavy atom. The van der Waals surface area contributed by atoms with Crippen molar-refractivity contribution in [2.24, 2.45) is 0 Å². The smallest absolute Gasteiger partial charge is 0.246 e. The Balaban J connectivity index is 1.84. The highest BCUT2D eigenvalue weighted by Gasteiger charge is 2.35. The predicted octanol–water partition coefficient (Wildman–Crippen LogP) is 3.47. The molecule has 1 aliphatic heterocycles. The van der Waals surface area contributed by atoms with E-state index in [-0.39, 0.29) is 37.4 Å². The lowest BCUT2D eigenvalue weighted by atomic mass is 10.0. The molecule has 1 aliphatic rings. The first-order valence-electron chi connectivity index (χ1n) is 10.00. The monoisotopic (exact) mass is 380 g/mol. The van der Waals surface area contributed by atoms with E-state index in [0.717, 1.165) is 36.1 Å². The summed E-state index contributed by atoms with van der Waals surface area (Å²) in [5, 5.41) is 9.12. The van der Waals surface area contributed by atoms with E-state index in [1.807, 2.05) is 42.5 Å². The van der Waals surface area contributed by atoms with Gasteiger partial charge in [0.15, 0.2) is 0 Å². The van der Waals surface area contributed by atoms with E-state index in [1.165, 1.54) is 0 Å². The average molecular weight is 380 g/mol. The van der Waals surface area contributed by atoms with Crippen LogP contribution in [0.15, 0.2) is 54.6 Å². The molecule has 1 heterocycles. The Morgan fingerprint density at radius 1 is 1.11 bits per heavy atom. The number of aliphatic hydroxyl groups is 1. The zero-order chi connectivity index (χ0) is 19.9. The topological polar surface area (TPSA) is 60.9 Å². The van der Waals surface area contributed by atoms with Gasteiger partial charge in [0.1, 0.15) is 6.54 Å². The van der Waals surface area contributed by atoms with Crippen molar-refractivity contribution < 1.29 is 14.7 Å². The Morgan fingerprint density at radius 3 is 2.57 bits per heavy atom. The number of carbonyl (C=O) groups excluding carboxylic acids is 2. The van der Waals surface area contributed by atoms with E-state index < -0.39 is 0 Å². The minimum Gasteiger partial charge on any atom is -0.396 e. The van der Waals surface area contributed by atoms with Crippen molar-refractivity contribution in [3.63, 3.8) is 0 Å². The molecule has 1 saturated heterocycles. The molecule has 0 bridgehead atoms. The lowest BCUT2D eigenvalue weighted by Crippen LogP contribution is -2.58. The fourth-order valence-electron chi connectivity index (χ4n) is 3.72. The second-order valence-corrected chi connectivity index (χ2v) is 7.21. The van der Waals surface area contributed by atoms with Gasteiger partial charge in [-0.15, -0.1) is 0 Å². The molecule has 1 N–H and O–H groups in total. The molecular formula is C23H28N2O3. The van der Waals surface area contributed by atoms with E-state index >= 15 is 0 Å². The fraction of sp³-hybridized carbons (Fsp3) is 0.391. The number of piperazine rings is 1. The van der Waals surface area contributed by atoms with Gasteiger partial charge in [-0.05, 0) is 29.7 Å². The van der Waals surface area contributed by atoms with Gasteiger partial charge >= 0.3 is 0 Å². The van der Waals surface area contributed by atoms with Crippen LogP contribution in [0.4, 0.5) is 5.69 Å². The van der Waals surface area contributed by atoms with Gasteiger partial charge in [-0.1, -0.05) is 62.2 Å². The summed E-state index contributed by atoms with van der Waals surface area (Å²) in [6.45, 7) is 2.50. The molecule has 28 heavy (non-hydrogen) atoms. The Kier molecular flexibility index (Phi) is 6.82. The minimum absolute atomic E-state index is 0.0166. The summed E-state index contributed by atoms with van der Waals surface area (Å²) in [7, 11) is 0. The molecule has 0 spiro atoms. The summed E-state index contributed by atoms with van der Waals surface area (Å²) in [4.78, 5) is 28.7. The molecule has 2 aromatic rings. The molecule has 5 nitrogen and oxygen atoms in total. The van der Waals surface area contributed by atoms with Crippen LogP contribution in [0.1, 0.15) is 32.6 Å². The van der Waals surface area contributed by atoms with E-state index in [1.54, 1.807) is 9.80 Å². The van der Waals surface area contributed by atoms with Crippen molar-refractivity contribution in [2.45, 2.75) is 38.6 Å². The molecule has 0 aromatic heterocycles. The molecule has 0 unspecified atom stereocenters. The van der Waals surface area contributed by atoms with Crippen LogP contribution < -0.4 is 4.90 Å². The number of aliphatic hydroxyl groups excluding tert-OH is 1. The number of nitrogens with zero attached hydrogens (tertiary/aromatic N) is 2. The van der Waals surface area contributed by atoms with E-state index in [2.05, 4.69) is 19.1 Å². The third kappa shape index (κ3) is 4.60. The maximum Gasteiger partial charge on any atom is 0.246 e. The summed E-state index contributed by atoms with van der Waals surface area (Å²) in [6.07, 6.45) is 2.96. The second-order valence-electron chi connectivity index (χ2n) is 7.21. The number of rotatable bonds is 7. The van der Waals surface area contributed by atoms with Gasteiger partial charge in [0.05, 0.1) is 12.6 Å². The number of hydrogen-bond donors (Lipinski definition) is 1. The highest BCUT2D eigenvalue weighted by atomic mass is 16.3. The van der Waals surface area contributed by atoms with Crippen LogP contribution in [-0.4, -0.2) is 47.6 Å². The summed E-state index contributed by atoms with van der Waals surface area (Å²) in [5.41, 5.74) is 3.04.